The molecule has 0 fully saturated rings. The molecular weight excluding hydrogens is 204 g/mol. The minimum Gasteiger partial charge on any atom is -0.452 e. The van der Waals surface area contributed by atoms with Crippen LogP contribution in [0.25, 0.3) is 11.1 Å². The summed E-state index contributed by atoms with van der Waals surface area (Å²) in [5, 5.41) is 0. The van der Waals surface area contributed by atoms with Gasteiger partial charge in [-0.3, -0.25) is 9.59 Å². The lowest BCUT2D eigenvalue weighted by Gasteiger charge is -2.08. The van der Waals surface area contributed by atoms with Crippen LogP contribution in [0.3, 0.4) is 0 Å². The molecule has 0 bridgehead atoms. The standard InChI is InChI=1S/C13H10O3/c14-8-13(16-9-15)12-7-6-10-4-2-1-3-5-11(10)12/h1-9,13H. The zero-order chi connectivity index (χ0) is 11.4. The summed E-state index contributed by atoms with van der Waals surface area (Å²) in [6.45, 7) is 0.293. The van der Waals surface area contributed by atoms with Crippen molar-refractivity contribution in [2.45, 2.75) is 6.10 Å². The zero-order valence-electron chi connectivity index (χ0n) is 8.50. The van der Waals surface area contributed by atoms with E-state index < -0.39 is 6.10 Å². The van der Waals surface area contributed by atoms with Crippen molar-refractivity contribution < 1.29 is 14.3 Å². The van der Waals surface area contributed by atoms with E-state index in [0.717, 1.165) is 11.1 Å². The van der Waals surface area contributed by atoms with Crippen LogP contribution in [0.5, 0.6) is 0 Å². The van der Waals surface area contributed by atoms with Gasteiger partial charge in [0.1, 0.15) is 0 Å². The van der Waals surface area contributed by atoms with Gasteiger partial charge in [-0.25, -0.2) is 0 Å². The fourth-order valence-electron chi connectivity index (χ4n) is 1.73. The lowest BCUT2D eigenvalue weighted by molar-refractivity contribution is -0.139. The third-order valence-electron chi connectivity index (χ3n) is 2.46. The summed E-state index contributed by atoms with van der Waals surface area (Å²) in [5.41, 5.74) is 2.65. The molecule has 0 spiro atoms. The first-order valence-electron chi connectivity index (χ1n) is 4.89. The highest BCUT2D eigenvalue weighted by Gasteiger charge is 2.17. The maximum Gasteiger partial charge on any atom is 0.294 e. The molecule has 0 radical (unpaired) electrons. The number of hydrogen-bond donors (Lipinski definition) is 0. The Labute approximate surface area is 93.0 Å². The second-order valence-electron chi connectivity index (χ2n) is 3.36. The normalized spacial score (nSPS) is 12.0. The summed E-state index contributed by atoms with van der Waals surface area (Å²) in [6, 6.07) is 13.2. The number of carbonyl (C=O) groups is 2. The predicted octanol–water partition coefficient (Wildman–Crippen LogP) is 2.20. The molecule has 0 heterocycles. The summed E-state index contributed by atoms with van der Waals surface area (Å²) in [6.07, 6.45) is -0.201. The molecule has 0 saturated heterocycles. The van der Waals surface area contributed by atoms with Crippen molar-refractivity contribution in [2.75, 3.05) is 0 Å². The SMILES string of the molecule is O=COC(C=O)c1ccc2cccccc1-2. The van der Waals surface area contributed by atoms with Gasteiger partial charge >= 0.3 is 0 Å². The van der Waals surface area contributed by atoms with E-state index in [9.17, 15) is 9.59 Å². The molecular formula is C13H10O3. The van der Waals surface area contributed by atoms with Gasteiger partial charge in [-0.05, 0) is 11.1 Å². The third kappa shape index (κ3) is 1.80. The van der Waals surface area contributed by atoms with E-state index in [0.29, 0.717) is 18.3 Å². The maximum atomic E-state index is 10.8. The van der Waals surface area contributed by atoms with Crippen molar-refractivity contribution >= 4 is 12.8 Å². The van der Waals surface area contributed by atoms with E-state index in [1.807, 2.05) is 36.4 Å². The van der Waals surface area contributed by atoms with Crippen molar-refractivity contribution in [2.24, 2.45) is 0 Å². The number of carbonyl (C=O) groups excluding carboxylic acids is 2. The van der Waals surface area contributed by atoms with Gasteiger partial charge in [0.05, 0.1) is 0 Å². The molecule has 1 unspecified atom stereocenters. The highest BCUT2D eigenvalue weighted by atomic mass is 16.5. The molecule has 0 amide bonds. The second kappa shape index (κ2) is 4.57. The number of ether oxygens (including phenoxy) is 1. The average Bonchev–Trinajstić information content (AvgIpc) is 2.56. The first kappa shape index (κ1) is 10.4. The van der Waals surface area contributed by atoms with Crippen LogP contribution in [0.4, 0.5) is 0 Å². The van der Waals surface area contributed by atoms with E-state index in [2.05, 4.69) is 0 Å². The number of rotatable bonds is 4. The monoisotopic (exact) mass is 214 g/mol. The van der Waals surface area contributed by atoms with Crippen LogP contribution < -0.4 is 0 Å². The highest BCUT2D eigenvalue weighted by Crippen LogP contribution is 2.31. The van der Waals surface area contributed by atoms with Crippen LogP contribution in [0, 0.1) is 0 Å². The molecule has 0 aliphatic heterocycles. The Balaban J connectivity index is 2.47. The van der Waals surface area contributed by atoms with Gasteiger partial charge in [0, 0.05) is 5.56 Å². The Morgan fingerprint density at radius 1 is 1.00 bits per heavy atom. The van der Waals surface area contributed by atoms with E-state index in [1.165, 1.54) is 0 Å². The molecule has 2 aliphatic carbocycles. The molecule has 0 N–H and O–H groups in total. The third-order valence-corrected chi connectivity index (χ3v) is 2.46. The van der Waals surface area contributed by atoms with Crippen LogP contribution in [0.2, 0.25) is 0 Å². The minimum atomic E-state index is -0.822. The lowest BCUT2D eigenvalue weighted by Crippen LogP contribution is -2.03. The maximum absolute atomic E-state index is 10.8. The lowest BCUT2D eigenvalue weighted by atomic mass is 10.1. The summed E-state index contributed by atoms with van der Waals surface area (Å²) < 4.78 is 4.73. The molecule has 1 atom stereocenters. The van der Waals surface area contributed by atoms with Gasteiger partial charge in [-0.2, -0.15) is 0 Å². The Kier molecular flexibility index (Phi) is 2.96. The molecule has 0 aromatic heterocycles. The van der Waals surface area contributed by atoms with Gasteiger partial charge in [-0.15, -0.1) is 0 Å². The minimum absolute atomic E-state index is 0.293. The molecule has 2 rings (SSSR count). The van der Waals surface area contributed by atoms with Crippen LogP contribution in [-0.2, 0) is 14.3 Å². The fourth-order valence-corrected chi connectivity index (χ4v) is 1.73. The molecule has 80 valence electrons. The van der Waals surface area contributed by atoms with Gasteiger partial charge in [-0.1, -0.05) is 42.5 Å². The van der Waals surface area contributed by atoms with E-state index in [-0.39, 0.29) is 0 Å². The van der Waals surface area contributed by atoms with Crippen LogP contribution in [0.1, 0.15) is 11.7 Å². The number of hydrogen-bond acceptors (Lipinski definition) is 3. The summed E-state index contributed by atoms with van der Waals surface area (Å²) in [5.74, 6) is 0. The summed E-state index contributed by atoms with van der Waals surface area (Å²) >= 11 is 0. The van der Waals surface area contributed by atoms with E-state index >= 15 is 0 Å². The van der Waals surface area contributed by atoms with Gasteiger partial charge in [0.2, 0.25) is 0 Å². The predicted molar refractivity (Wildman–Crippen MR) is 59.0 cm³/mol. The smallest absolute Gasteiger partial charge is 0.294 e. The Morgan fingerprint density at radius 2 is 1.81 bits per heavy atom. The molecule has 16 heavy (non-hydrogen) atoms. The Morgan fingerprint density at radius 3 is 2.56 bits per heavy atom. The Hall–Kier alpha value is -2.16. The van der Waals surface area contributed by atoms with Gasteiger partial charge < -0.3 is 4.74 Å². The highest BCUT2D eigenvalue weighted by molar-refractivity contribution is 5.76. The van der Waals surface area contributed by atoms with Crippen molar-refractivity contribution in [1.29, 1.82) is 0 Å². The Bertz CT molecular complexity index is 479. The molecule has 3 heteroatoms. The molecule has 0 saturated carbocycles. The second-order valence-corrected chi connectivity index (χ2v) is 3.36. The fraction of sp³-hybridized carbons (Fsp3) is 0.0769. The van der Waals surface area contributed by atoms with Crippen molar-refractivity contribution in [3.63, 3.8) is 0 Å². The van der Waals surface area contributed by atoms with E-state index in [1.54, 1.807) is 6.07 Å². The first-order valence-corrected chi connectivity index (χ1v) is 4.89. The van der Waals surface area contributed by atoms with Crippen molar-refractivity contribution in [1.82, 2.24) is 0 Å². The summed E-state index contributed by atoms with van der Waals surface area (Å²) in [4.78, 5) is 21.1. The van der Waals surface area contributed by atoms with Gasteiger partial charge in [0.25, 0.3) is 6.47 Å². The van der Waals surface area contributed by atoms with Crippen LogP contribution in [-0.4, -0.2) is 12.8 Å². The van der Waals surface area contributed by atoms with Crippen LogP contribution >= 0.6 is 0 Å². The molecule has 3 nitrogen and oxygen atoms in total. The molecule has 0 aromatic carbocycles. The van der Waals surface area contributed by atoms with Crippen molar-refractivity contribution in [3.8, 4) is 11.1 Å². The van der Waals surface area contributed by atoms with Crippen molar-refractivity contribution in [3.05, 3.63) is 48.0 Å². The average molecular weight is 214 g/mol. The largest absolute Gasteiger partial charge is 0.452 e. The molecule has 0 aromatic rings. The first-order chi connectivity index (χ1) is 7.86. The topological polar surface area (TPSA) is 43.4 Å². The quantitative estimate of drug-likeness (QED) is 0.733. The van der Waals surface area contributed by atoms with Crippen LogP contribution in [0.15, 0.2) is 42.5 Å². The van der Waals surface area contributed by atoms with Gasteiger partial charge in [0.15, 0.2) is 12.4 Å². The number of aldehydes is 1. The molecule has 2 aliphatic rings. The number of fused-ring (bicyclic) bond motifs is 1. The summed E-state index contributed by atoms with van der Waals surface area (Å²) in [7, 11) is 0. The zero-order valence-corrected chi connectivity index (χ0v) is 8.50. The van der Waals surface area contributed by atoms with E-state index in [4.69, 9.17) is 4.74 Å².